The summed E-state index contributed by atoms with van der Waals surface area (Å²) in [6.07, 6.45) is 6.46. The molecule has 2 aliphatic rings. The Morgan fingerprint density at radius 3 is 2.69 bits per heavy atom. The van der Waals surface area contributed by atoms with Gasteiger partial charge in [-0.1, -0.05) is 43.2 Å². The molecule has 0 bridgehead atoms. The van der Waals surface area contributed by atoms with Crippen LogP contribution in [0.25, 0.3) is 11.0 Å². The second-order valence-corrected chi connectivity index (χ2v) is 7.45. The Kier molecular flexibility index (Phi) is 3.85. The predicted octanol–water partition coefficient (Wildman–Crippen LogP) is 2.72. The monoisotopic (exact) mass is 349 g/mol. The van der Waals surface area contributed by atoms with E-state index in [1.54, 1.807) is 6.20 Å². The van der Waals surface area contributed by atoms with Crippen LogP contribution in [0.1, 0.15) is 43.1 Å². The molecule has 2 aromatic heterocycles. The number of benzene rings is 1. The van der Waals surface area contributed by atoms with E-state index in [9.17, 15) is 4.79 Å². The van der Waals surface area contributed by atoms with Gasteiger partial charge >= 0.3 is 0 Å². The lowest BCUT2D eigenvalue weighted by molar-refractivity contribution is 0.204. The van der Waals surface area contributed by atoms with Crippen molar-refractivity contribution in [3.63, 3.8) is 0 Å². The van der Waals surface area contributed by atoms with E-state index in [4.69, 9.17) is 4.98 Å². The fourth-order valence-electron chi connectivity index (χ4n) is 4.33. The van der Waals surface area contributed by atoms with E-state index in [0.29, 0.717) is 24.5 Å². The average molecular weight is 349 g/mol. The van der Waals surface area contributed by atoms with Gasteiger partial charge in [0.25, 0.3) is 5.56 Å². The minimum atomic E-state index is 0.0635. The maximum Gasteiger partial charge on any atom is 0.264 e. The van der Waals surface area contributed by atoms with E-state index in [1.807, 2.05) is 15.3 Å². The highest BCUT2D eigenvalue weighted by Gasteiger charge is 2.25. The molecule has 0 saturated heterocycles. The molecule has 0 spiro atoms. The Bertz CT molecular complexity index is 985. The molecule has 5 rings (SSSR count). The molecular formula is C20H23N5O. The Morgan fingerprint density at radius 1 is 1.08 bits per heavy atom. The highest BCUT2D eigenvalue weighted by Crippen LogP contribution is 2.30. The van der Waals surface area contributed by atoms with E-state index in [0.717, 1.165) is 37.4 Å². The van der Waals surface area contributed by atoms with Crippen LogP contribution in [0, 0.1) is 0 Å². The van der Waals surface area contributed by atoms with Crippen LogP contribution in [-0.2, 0) is 19.6 Å². The Morgan fingerprint density at radius 2 is 1.88 bits per heavy atom. The van der Waals surface area contributed by atoms with E-state index < -0.39 is 0 Å². The summed E-state index contributed by atoms with van der Waals surface area (Å²) in [6, 6.07) is 10.9. The molecule has 0 N–H and O–H groups in total. The summed E-state index contributed by atoms with van der Waals surface area (Å²) < 4.78 is 3.84. The summed E-state index contributed by atoms with van der Waals surface area (Å²) >= 11 is 0. The van der Waals surface area contributed by atoms with Gasteiger partial charge in [0, 0.05) is 19.6 Å². The minimum absolute atomic E-state index is 0.0635. The third-order valence-corrected chi connectivity index (χ3v) is 5.72. The average Bonchev–Trinajstić information content (AvgIpc) is 3.32. The lowest BCUT2D eigenvalue weighted by Crippen LogP contribution is -2.39. The fraction of sp³-hybridized carbons (Fsp3) is 0.450. The van der Waals surface area contributed by atoms with Crippen LogP contribution in [0.4, 0.5) is 0 Å². The van der Waals surface area contributed by atoms with Crippen molar-refractivity contribution >= 4 is 11.0 Å². The molecule has 1 aliphatic heterocycles. The third kappa shape index (κ3) is 2.65. The minimum Gasteiger partial charge on any atom is -0.294 e. The van der Waals surface area contributed by atoms with Crippen molar-refractivity contribution in [1.29, 1.82) is 0 Å². The van der Waals surface area contributed by atoms with E-state index >= 15 is 0 Å². The highest BCUT2D eigenvalue weighted by molar-refractivity contribution is 5.73. The summed E-state index contributed by atoms with van der Waals surface area (Å²) in [7, 11) is 0. The van der Waals surface area contributed by atoms with Crippen LogP contribution in [0.5, 0.6) is 0 Å². The van der Waals surface area contributed by atoms with Crippen LogP contribution in [0.3, 0.4) is 0 Å². The van der Waals surface area contributed by atoms with Crippen LogP contribution < -0.4 is 5.56 Å². The first-order chi connectivity index (χ1) is 12.8. The molecule has 0 atom stereocenters. The number of hydrogen-bond donors (Lipinski definition) is 0. The molecule has 0 unspecified atom stereocenters. The Labute approximate surface area is 152 Å². The molecule has 0 radical (unpaired) electrons. The van der Waals surface area contributed by atoms with Crippen molar-refractivity contribution in [2.24, 2.45) is 0 Å². The standard InChI is InChI=1S/C20H23N5O/c26-20-17-12-21-25(16-8-4-5-9-16)19(17)22-18-14-23(10-11-24(18)20)13-15-6-2-1-3-7-15/h1-3,6-7,12,16H,4-5,8-11,13-14H2. The van der Waals surface area contributed by atoms with Crippen molar-refractivity contribution in [3.05, 3.63) is 58.3 Å². The van der Waals surface area contributed by atoms with E-state index in [2.05, 4.69) is 34.3 Å². The van der Waals surface area contributed by atoms with Crippen molar-refractivity contribution in [2.45, 2.75) is 51.4 Å². The number of hydrogen-bond acceptors (Lipinski definition) is 4. The second-order valence-electron chi connectivity index (χ2n) is 7.45. The lowest BCUT2D eigenvalue weighted by atomic mass is 10.2. The first-order valence-electron chi connectivity index (χ1n) is 9.53. The van der Waals surface area contributed by atoms with Gasteiger partial charge in [0.2, 0.25) is 0 Å². The van der Waals surface area contributed by atoms with E-state index in [1.165, 1.54) is 18.4 Å². The van der Waals surface area contributed by atoms with Gasteiger partial charge in [-0.3, -0.25) is 14.3 Å². The van der Waals surface area contributed by atoms with Gasteiger partial charge in [-0.15, -0.1) is 0 Å². The zero-order valence-electron chi connectivity index (χ0n) is 14.8. The molecule has 1 aliphatic carbocycles. The smallest absolute Gasteiger partial charge is 0.264 e. The Balaban J connectivity index is 1.49. The van der Waals surface area contributed by atoms with E-state index in [-0.39, 0.29) is 5.56 Å². The molecule has 6 nitrogen and oxygen atoms in total. The third-order valence-electron chi connectivity index (χ3n) is 5.72. The summed E-state index contributed by atoms with van der Waals surface area (Å²) in [6.45, 7) is 3.15. The highest BCUT2D eigenvalue weighted by atomic mass is 16.1. The lowest BCUT2D eigenvalue weighted by Gasteiger charge is -2.29. The summed E-state index contributed by atoms with van der Waals surface area (Å²) in [4.78, 5) is 20.2. The van der Waals surface area contributed by atoms with Crippen molar-refractivity contribution < 1.29 is 0 Å². The van der Waals surface area contributed by atoms with Gasteiger partial charge in [0.1, 0.15) is 11.2 Å². The van der Waals surface area contributed by atoms with Gasteiger partial charge in [0.05, 0.1) is 18.8 Å². The molecule has 0 amide bonds. The Hall–Kier alpha value is -2.47. The fourth-order valence-corrected chi connectivity index (χ4v) is 4.33. The van der Waals surface area contributed by atoms with Gasteiger partial charge in [-0.25, -0.2) is 9.67 Å². The SMILES string of the molecule is O=c1c2cnn(C3CCCC3)c2nc2n1CCN(Cc1ccccc1)C2. The number of aromatic nitrogens is 4. The summed E-state index contributed by atoms with van der Waals surface area (Å²) in [5.41, 5.74) is 2.13. The molecule has 26 heavy (non-hydrogen) atoms. The number of rotatable bonds is 3. The van der Waals surface area contributed by atoms with Gasteiger partial charge < -0.3 is 0 Å². The molecule has 3 heterocycles. The molecule has 1 fully saturated rings. The number of nitrogens with zero attached hydrogens (tertiary/aromatic N) is 5. The van der Waals surface area contributed by atoms with Gasteiger partial charge in [-0.2, -0.15) is 5.10 Å². The quantitative estimate of drug-likeness (QED) is 0.730. The molecule has 134 valence electrons. The van der Waals surface area contributed by atoms with Crippen LogP contribution >= 0.6 is 0 Å². The maximum atomic E-state index is 12.9. The van der Waals surface area contributed by atoms with Crippen molar-refractivity contribution in [3.8, 4) is 0 Å². The van der Waals surface area contributed by atoms with Crippen molar-refractivity contribution in [1.82, 2.24) is 24.2 Å². The molecule has 3 aromatic rings. The zero-order valence-corrected chi connectivity index (χ0v) is 14.8. The number of fused-ring (bicyclic) bond motifs is 2. The summed E-state index contributed by atoms with van der Waals surface area (Å²) in [5, 5.41) is 5.19. The first-order valence-corrected chi connectivity index (χ1v) is 9.53. The largest absolute Gasteiger partial charge is 0.294 e. The molecule has 1 saturated carbocycles. The van der Waals surface area contributed by atoms with Gasteiger partial charge in [0.15, 0.2) is 5.65 Å². The van der Waals surface area contributed by atoms with Crippen LogP contribution in [0.2, 0.25) is 0 Å². The van der Waals surface area contributed by atoms with Crippen molar-refractivity contribution in [2.75, 3.05) is 6.54 Å². The molecular weight excluding hydrogens is 326 g/mol. The van der Waals surface area contributed by atoms with Crippen LogP contribution in [0.15, 0.2) is 41.3 Å². The zero-order chi connectivity index (χ0) is 17.5. The normalized spacial score (nSPS) is 18.5. The molecule has 6 heteroatoms. The van der Waals surface area contributed by atoms with Crippen LogP contribution in [-0.4, -0.2) is 30.8 Å². The first kappa shape index (κ1) is 15.8. The topological polar surface area (TPSA) is 56.0 Å². The predicted molar refractivity (Wildman–Crippen MR) is 99.8 cm³/mol. The second kappa shape index (κ2) is 6.36. The van der Waals surface area contributed by atoms with Gasteiger partial charge in [-0.05, 0) is 18.4 Å². The molecule has 1 aromatic carbocycles. The maximum absolute atomic E-state index is 12.9. The summed E-state index contributed by atoms with van der Waals surface area (Å²) in [5.74, 6) is 0.865.